The van der Waals surface area contributed by atoms with Gasteiger partial charge < -0.3 is 19.2 Å². The Balaban J connectivity index is 1.73. The minimum Gasteiger partial charge on any atom is -0.467 e. The molecule has 0 spiro atoms. The number of thiocarbonyl (C=S) groups is 1. The summed E-state index contributed by atoms with van der Waals surface area (Å²) >= 11 is 5.65. The molecule has 1 fully saturated rings. The summed E-state index contributed by atoms with van der Waals surface area (Å²) in [5, 5.41) is 4.28. The molecule has 1 aliphatic heterocycles. The summed E-state index contributed by atoms with van der Waals surface area (Å²) < 4.78 is 7.78. The van der Waals surface area contributed by atoms with Crippen molar-refractivity contribution in [3.63, 3.8) is 0 Å². The highest BCUT2D eigenvalue weighted by atomic mass is 32.1. The van der Waals surface area contributed by atoms with E-state index in [0.29, 0.717) is 6.54 Å². The first-order valence-electron chi connectivity index (χ1n) is 8.93. The van der Waals surface area contributed by atoms with Crippen LogP contribution in [0.3, 0.4) is 0 Å². The molecular formula is C20H22N4OS. The van der Waals surface area contributed by atoms with E-state index in [1.807, 2.05) is 30.5 Å². The number of furan rings is 1. The summed E-state index contributed by atoms with van der Waals surface area (Å²) in [6.45, 7) is 3.79. The minimum absolute atomic E-state index is 0.0282. The lowest BCUT2D eigenvalue weighted by Gasteiger charge is -2.28. The van der Waals surface area contributed by atoms with Crippen molar-refractivity contribution in [1.82, 2.24) is 19.8 Å². The van der Waals surface area contributed by atoms with Crippen LogP contribution < -0.4 is 5.32 Å². The van der Waals surface area contributed by atoms with E-state index in [1.54, 1.807) is 6.26 Å². The molecule has 4 rings (SSSR count). The lowest BCUT2D eigenvalue weighted by molar-refractivity contribution is 0.303. The number of rotatable bonds is 6. The van der Waals surface area contributed by atoms with Crippen LogP contribution in [0.15, 0.2) is 65.5 Å². The van der Waals surface area contributed by atoms with Crippen LogP contribution in [0, 0.1) is 0 Å². The third kappa shape index (κ3) is 3.12. The Bertz CT molecular complexity index is 859. The molecular weight excluding hydrogens is 344 g/mol. The Hall–Kier alpha value is -2.60. The van der Waals surface area contributed by atoms with Crippen molar-refractivity contribution in [3.05, 3.63) is 78.3 Å². The van der Waals surface area contributed by atoms with Gasteiger partial charge in [0.25, 0.3) is 0 Å². The molecule has 3 aromatic heterocycles. The normalized spacial score (nSPS) is 19.7. The second-order valence-corrected chi connectivity index (χ2v) is 6.85. The first-order chi connectivity index (χ1) is 12.8. The zero-order chi connectivity index (χ0) is 17.9. The molecule has 26 heavy (non-hydrogen) atoms. The molecule has 2 atom stereocenters. The van der Waals surface area contributed by atoms with Gasteiger partial charge in [0.1, 0.15) is 5.76 Å². The standard InChI is InChI=1S/C20H22N4OS/c1-2-11-24-19(18(22-20(24)26)16-8-3-4-10-21-16)17-9-5-12-23(17)14-15-7-6-13-25-15/h3-10,12-13,18-19H,2,11,14H2,1H3,(H,22,26). The molecule has 5 nitrogen and oxygen atoms in total. The van der Waals surface area contributed by atoms with Crippen LogP contribution in [-0.2, 0) is 6.54 Å². The van der Waals surface area contributed by atoms with Gasteiger partial charge in [0.05, 0.1) is 30.6 Å². The summed E-state index contributed by atoms with van der Waals surface area (Å²) in [5.74, 6) is 0.937. The van der Waals surface area contributed by atoms with Crippen LogP contribution in [0.25, 0.3) is 0 Å². The second kappa shape index (κ2) is 7.33. The van der Waals surface area contributed by atoms with Crippen LogP contribution in [0.4, 0.5) is 0 Å². The fraction of sp³-hybridized carbons (Fsp3) is 0.300. The third-order valence-corrected chi connectivity index (χ3v) is 5.09. The second-order valence-electron chi connectivity index (χ2n) is 6.46. The van der Waals surface area contributed by atoms with E-state index in [2.05, 4.69) is 51.1 Å². The van der Waals surface area contributed by atoms with E-state index < -0.39 is 0 Å². The maximum absolute atomic E-state index is 5.65. The van der Waals surface area contributed by atoms with Gasteiger partial charge in [-0.05, 0) is 55.0 Å². The Labute approximate surface area is 158 Å². The van der Waals surface area contributed by atoms with Gasteiger partial charge in [-0.2, -0.15) is 0 Å². The molecule has 0 saturated carbocycles. The summed E-state index contributed by atoms with van der Waals surface area (Å²) in [6, 6.07) is 14.3. The first kappa shape index (κ1) is 16.8. The molecule has 0 aromatic carbocycles. The molecule has 134 valence electrons. The van der Waals surface area contributed by atoms with Gasteiger partial charge in [0.2, 0.25) is 0 Å². The van der Waals surface area contributed by atoms with E-state index in [-0.39, 0.29) is 12.1 Å². The summed E-state index contributed by atoms with van der Waals surface area (Å²) in [7, 11) is 0. The molecule has 2 unspecified atom stereocenters. The number of hydrogen-bond donors (Lipinski definition) is 1. The van der Waals surface area contributed by atoms with Gasteiger partial charge in [0.15, 0.2) is 5.11 Å². The maximum Gasteiger partial charge on any atom is 0.170 e. The van der Waals surface area contributed by atoms with Crippen molar-refractivity contribution < 1.29 is 4.42 Å². The average molecular weight is 366 g/mol. The summed E-state index contributed by atoms with van der Waals surface area (Å²) in [5.41, 5.74) is 2.21. The van der Waals surface area contributed by atoms with Gasteiger partial charge in [-0.1, -0.05) is 13.0 Å². The van der Waals surface area contributed by atoms with Crippen molar-refractivity contribution in [2.75, 3.05) is 6.54 Å². The van der Waals surface area contributed by atoms with Crippen LogP contribution in [0.5, 0.6) is 0 Å². The smallest absolute Gasteiger partial charge is 0.170 e. The Morgan fingerprint density at radius 1 is 1.19 bits per heavy atom. The first-order valence-corrected chi connectivity index (χ1v) is 9.34. The summed E-state index contributed by atoms with van der Waals surface area (Å²) in [6.07, 6.45) is 6.68. The maximum atomic E-state index is 5.65. The number of hydrogen-bond acceptors (Lipinski definition) is 3. The SMILES string of the molecule is CCCN1C(=S)NC(c2ccccn2)C1c1cccn1Cc1ccco1. The predicted molar refractivity (Wildman–Crippen MR) is 105 cm³/mol. The third-order valence-electron chi connectivity index (χ3n) is 4.74. The van der Waals surface area contributed by atoms with Crippen LogP contribution in [0.1, 0.15) is 42.6 Å². The van der Waals surface area contributed by atoms with E-state index >= 15 is 0 Å². The van der Waals surface area contributed by atoms with Crippen LogP contribution >= 0.6 is 12.2 Å². The number of nitrogens with one attached hydrogen (secondary N) is 1. The van der Waals surface area contributed by atoms with Gasteiger partial charge in [0, 0.05) is 24.6 Å². The number of aromatic nitrogens is 2. The lowest BCUT2D eigenvalue weighted by atomic mass is 10.0. The van der Waals surface area contributed by atoms with Crippen molar-refractivity contribution in [2.45, 2.75) is 32.0 Å². The molecule has 1 N–H and O–H groups in total. The lowest BCUT2D eigenvalue weighted by Crippen LogP contribution is -2.31. The Morgan fingerprint density at radius 2 is 2.12 bits per heavy atom. The highest BCUT2D eigenvalue weighted by molar-refractivity contribution is 7.80. The highest BCUT2D eigenvalue weighted by Gasteiger charge is 2.40. The highest BCUT2D eigenvalue weighted by Crippen LogP contribution is 2.38. The van der Waals surface area contributed by atoms with Gasteiger partial charge in [-0.25, -0.2) is 0 Å². The molecule has 0 radical (unpaired) electrons. The molecule has 0 bridgehead atoms. The molecule has 1 saturated heterocycles. The van der Waals surface area contributed by atoms with E-state index in [1.165, 1.54) is 5.69 Å². The van der Waals surface area contributed by atoms with E-state index in [9.17, 15) is 0 Å². The molecule has 6 heteroatoms. The van der Waals surface area contributed by atoms with Gasteiger partial charge >= 0.3 is 0 Å². The largest absolute Gasteiger partial charge is 0.467 e. The minimum atomic E-state index is 0.0282. The van der Waals surface area contributed by atoms with Crippen molar-refractivity contribution in [1.29, 1.82) is 0 Å². The molecule has 3 aromatic rings. The van der Waals surface area contributed by atoms with Crippen LogP contribution in [-0.4, -0.2) is 26.1 Å². The molecule has 0 aliphatic carbocycles. The zero-order valence-corrected chi connectivity index (χ0v) is 15.5. The van der Waals surface area contributed by atoms with Crippen molar-refractivity contribution >= 4 is 17.3 Å². The van der Waals surface area contributed by atoms with Crippen molar-refractivity contribution in [3.8, 4) is 0 Å². The Kier molecular flexibility index (Phi) is 4.75. The monoisotopic (exact) mass is 366 g/mol. The topological polar surface area (TPSA) is 46.2 Å². The van der Waals surface area contributed by atoms with Gasteiger partial charge in [-0.15, -0.1) is 0 Å². The summed E-state index contributed by atoms with van der Waals surface area (Å²) in [4.78, 5) is 6.86. The molecule has 4 heterocycles. The Morgan fingerprint density at radius 3 is 2.85 bits per heavy atom. The number of pyridine rings is 1. The zero-order valence-electron chi connectivity index (χ0n) is 14.7. The van der Waals surface area contributed by atoms with Crippen LogP contribution in [0.2, 0.25) is 0 Å². The quantitative estimate of drug-likeness (QED) is 0.670. The van der Waals surface area contributed by atoms with Crippen molar-refractivity contribution in [2.24, 2.45) is 0 Å². The average Bonchev–Trinajstić information content (AvgIpc) is 3.39. The fourth-order valence-corrected chi connectivity index (χ4v) is 3.95. The fourth-order valence-electron chi connectivity index (χ4n) is 3.62. The predicted octanol–water partition coefficient (Wildman–Crippen LogP) is 3.91. The van der Waals surface area contributed by atoms with E-state index in [4.69, 9.17) is 16.6 Å². The van der Waals surface area contributed by atoms with Gasteiger partial charge in [-0.3, -0.25) is 4.98 Å². The van der Waals surface area contributed by atoms with E-state index in [0.717, 1.165) is 29.5 Å². The molecule has 1 aliphatic rings. The number of nitrogens with zero attached hydrogens (tertiary/aromatic N) is 3. The molecule has 0 amide bonds.